The third-order valence-electron chi connectivity index (χ3n) is 4.08. The average Bonchev–Trinajstić information content (AvgIpc) is 2.55. The van der Waals surface area contributed by atoms with E-state index in [0.717, 1.165) is 25.7 Å². The quantitative estimate of drug-likeness (QED) is 0.251. The van der Waals surface area contributed by atoms with Crippen LogP contribution in [0.4, 0.5) is 0 Å². The first-order valence-corrected chi connectivity index (χ1v) is 10.6. The van der Waals surface area contributed by atoms with Crippen LogP contribution in [0.5, 0.6) is 0 Å². The van der Waals surface area contributed by atoms with Crippen LogP contribution in [-0.2, 0) is 9.13 Å². The lowest BCUT2D eigenvalue weighted by molar-refractivity contribution is 0.565. The molecule has 0 rings (SSSR count). The van der Waals surface area contributed by atoms with E-state index in [4.69, 9.17) is 0 Å². The molecular formula is C21H34O2P2. The molecule has 0 saturated carbocycles. The Hall–Kier alpha value is -0.840. The van der Waals surface area contributed by atoms with Gasteiger partial charge in [-0.2, -0.15) is 0 Å². The molecule has 2 nitrogen and oxygen atoms in total. The SMILES string of the molecule is CC(C)=CCCC(C)=CCC(CC=C(C)CCC=C(C)C)(P=O)P=O. The van der Waals surface area contributed by atoms with Gasteiger partial charge in [-0.15, -0.1) is 0 Å². The van der Waals surface area contributed by atoms with E-state index in [1.165, 1.54) is 22.3 Å². The van der Waals surface area contributed by atoms with Crippen LogP contribution in [0.25, 0.3) is 0 Å². The second-order valence-corrected chi connectivity index (χ2v) is 9.74. The van der Waals surface area contributed by atoms with E-state index in [2.05, 4.69) is 65.8 Å². The summed E-state index contributed by atoms with van der Waals surface area (Å²) in [6.45, 7) is 12.6. The van der Waals surface area contributed by atoms with Crippen molar-refractivity contribution in [3.8, 4) is 0 Å². The van der Waals surface area contributed by atoms with Crippen LogP contribution in [0.15, 0.2) is 46.6 Å². The largest absolute Gasteiger partial charge is 0.273 e. The minimum absolute atomic E-state index is 0.0510. The maximum atomic E-state index is 11.7. The van der Waals surface area contributed by atoms with Crippen LogP contribution >= 0.6 is 16.9 Å². The van der Waals surface area contributed by atoms with Gasteiger partial charge in [-0.3, -0.25) is 9.13 Å². The predicted molar refractivity (Wildman–Crippen MR) is 112 cm³/mol. The maximum Gasteiger partial charge on any atom is 0.175 e. The van der Waals surface area contributed by atoms with Crippen molar-refractivity contribution >= 4 is 16.9 Å². The zero-order chi connectivity index (χ0) is 19.3. The first-order valence-electron chi connectivity index (χ1n) is 9.01. The van der Waals surface area contributed by atoms with Gasteiger partial charge in [0.25, 0.3) is 0 Å². The standard InChI is InChI=1S/C21H34O2P2/c1-17(2)9-7-11-19(5)13-15-21(24-22,25-23)16-14-20(6)12-8-10-18(3)4/h9-10,13-14H,7-8,11-12,15-16H2,1-6H3. The van der Waals surface area contributed by atoms with Crippen molar-refractivity contribution < 1.29 is 9.13 Å². The van der Waals surface area contributed by atoms with Gasteiger partial charge in [0.05, 0.1) is 0 Å². The summed E-state index contributed by atoms with van der Waals surface area (Å²) in [6.07, 6.45) is 13.8. The lowest BCUT2D eigenvalue weighted by atomic mass is 10.1. The lowest BCUT2D eigenvalue weighted by Crippen LogP contribution is -2.11. The smallest absolute Gasteiger partial charge is 0.175 e. The van der Waals surface area contributed by atoms with E-state index in [1.54, 1.807) is 0 Å². The molecule has 0 aromatic carbocycles. The zero-order valence-corrected chi connectivity index (χ0v) is 18.6. The maximum absolute atomic E-state index is 11.7. The second-order valence-electron chi connectivity index (χ2n) is 7.31. The summed E-state index contributed by atoms with van der Waals surface area (Å²) in [5.41, 5.74) is 5.18. The van der Waals surface area contributed by atoms with Crippen molar-refractivity contribution in [2.45, 2.75) is 85.0 Å². The Morgan fingerprint density at radius 2 is 1.04 bits per heavy atom. The molecule has 0 spiro atoms. The second kappa shape index (κ2) is 13.4. The molecule has 0 unspecified atom stereocenters. The molecule has 0 saturated heterocycles. The van der Waals surface area contributed by atoms with Gasteiger partial charge in [0.1, 0.15) is 4.90 Å². The highest BCUT2D eigenvalue weighted by atomic mass is 31.1. The van der Waals surface area contributed by atoms with Crippen molar-refractivity contribution in [2.75, 3.05) is 0 Å². The minimum atomic E-state index is -0.727. The Balaban J connectivity index is 4.77. The van der Waals surface area contributed by atoms with Crippen molar-refractivity contribution in [3.05, 3.63) is 46.6 Å². The fourth-order valence-electron chi connectivity index (χ4n) is 2.31. The van der Waals surface area contributed by atoms with Crippen molar-refractivity contribution in [3.63, 3.8) is 0 Å². The lowest BCUT2D eigenvalue weighted by Gasteiger charge is -2.16. The third kappa shape index (κ3) is 12.2. The number of allylic oxidation sites excluding steroid dienone is 8. The molecule has 0 aliphatic carbocycles. The number of rotatable bonds is 12. The summed E-state index contributed by atoms with van der Waals surface area (Å²) < 4.78 is 23.4. The van der Waals surface area contributed by atoms with Crippen LogP contribution in [0.1, 0.15) is 80.1 Å². The van der Waals surface area contributed by atoms with Crippen LogP contribution in [0.3, 0.4) is 0 Å². The van der Waals surface area contributed by atoms with Gasteiger partial charge >= 0.3 is 0 Å². The van der Waals surface area contributed by atoms with Crippen molar-refractivity contribution in [1.29, 1.82) is 0 Å². The van der Waals surface area contributed by atoms with Gasteiger partial charge in [-0.25, -0.2) is 0 Å². The Kier molecular flexibility index (Phi) is 12.9. The first kappa shape index (κ1) is 24.2. The van der Waals surface area contributed by atoms with E-state index < -0.39 is 4.90 Å². The zero-order valence-electron chi connectivity index (χ0n) is 16.8. The van der Waals surface area contributed by atoms with Crippen LogP contribution in [0, 0.1) is 0 Å². The molecular weight excluding hydrogens is 346 g/mol. The fraction of sp³-hybridized carbons (Fsp3) is 0.619. The highest BCUT2D eigenvalue weighted by Gasteiger charge is 2.30. The molecule has 0 bridgehead atoms. The van der Waals surface area contributed by atoms with E-state index in [-0.39, 0.29) is 16.9 Å². The number of hydrogen-bond donors (Lipinski definition) is 0. The van der Waals surface area contributed by atoms with Gasteiger partial charge in [0, 0.05) is 0 Å². The molecule has 0 aliphatic heterocycles. The van der Waals surface area contributed by atoms with Crippen molar-refractivity contribution in [2.24, 2.45) is 0 Å². The predicted octanol–water partition coefficient (Wildman–Crippen LogP) is 8.43. The molecule has 0 aliphatic rings. The van der Waals surface area contributed by atoms with Crippen LogP contribution < -0.4 is 0 Å². The Morgan fingerprint density at radius 3 is 1.32 bits per heavy atom. The van der Waals surface area contributed by atoms with Crippen LogP contribution in [0.2, 0.25) is 0 Å². The third-order valence-corrected chi connectivity index (χ3v) is 5.98. The Morgan fingerprint density at radius 1 is 0.680 bits per heavy atom. The summed E-state index contributed by atoms with van der Waals surface area (Å²) in [6, 6.07) is 0. The molecule has 0 N–H and O–H groups in total. The molecule has 0 heterocycles. The highest BCUT2D eigenvalue weighted by molar-refractivity contribution is 7.46. The van der Waals surface area contributed by atoms with Crippen LogP contribution in [-0.4, -0.2) is 4.90 Å². The summed E-state index contributed by atoms with van der Waals surface area (Å²) in [7, 11) is -0.102. The van der Waals surface area contributed by atoms with Gasteiger partial charge in [0.15, 0.2) is 16.9 Å². The normalized spacial score (nSPS) is 15.1. The van der Waals surface area contributed by atoms with E-state index in [1.807, 2.05) is 0 Å². The first-order chi connectivity index (χ1) is 11.7. The highest BCUT2D eigenvalue weighted by Crippen LogP contribution is 2.43. The van der Waals surface area contributed by atoms with E-state index in [9.17, 15) is 9.13 Å². The Labute approximate surface area is 158 Å². The monoisotopic (exact) mass is 380 g/mol. The van der Waals surface area contributed by atoms with E-state index >= 15 is 0 Å². The average molecular weight is 380 g/mol. The fourth-order valence-corrected chi connectivity index (χ4v) is 3.10. The number of hydrogen-bond acceptors (Lipinski definition) is 2. The minimum Gasteiger partial charge on any atom is -0.273 e. The van der Waals surface area contributed by atoms with Gasteiger partial charge < -0.3 is 0 Å². The van der Waals surface area contributed by atoms with Gasteiger partial charge in [-0.05, 0) is 80.1 Å². The molecule has 0 amide bonds. The summed E-state index contributed by atoms with van der Waals surface area (Å²) in [5, 5.41) is 0. The molecule has 0 radical (unpaired) electrons. The topological polar surface area (TPSA) is 34.1 Å². The summed E-state index contributed by atoms with van der Waals surface area (Å²) >= 11 is 0. The molecule has 140 valence electrons. The summed E-state index contributed by atoms with van der Waals surface area (Å²) in [5.74, 6) is 0. The molecule has 4 heteroatoms. The van der Waals surface area contributed by atoms with Crippen molar-refractivity contribution in [1.82, 2.24) is 0 Å². The molecule has 0 atom stereocenters. The molecule has 0 fully saturated rings. The van der Waals surface area contributed by atoms with Gasteiger partial charge in [-0.1, -0.05) is 46.6 Å². The molecule has 25 heavy (non-hydrogen) atoms. The molecule has 0 aromatic heterocycles. The molecule has 0 aromatic rings. The van der Waals surface area contributed by atoms with E-state index in [0.29, 0.717) is 12.8 Å². The van der Waals surface area contributed by atoms with Gasteiger partial charge in [0.2, 0.25) is 0 Å². The summed E-state index contributed by atoms with van der Waals surface area (Å²) in [4.78, 5) is -0.727. The Bertz CT molecular complexity index is 496.